The van der Waals surface area contributed by atoms with Crippen molar-refractivity contribution >= 4 is 11.9 Å². The van der Waals surface area contributed by atoms with Crippen molar-refractivity contribution in [3.63, 3.8) is 0 Å². The zero-order valence-corrected chi connectivity index (χ0v) is 15.3. The molecule has 1 N–H and O–H groups in total. The molecule has 0 heterocycles. The lowest BCUT2D eigenvalue weighted by molar-refractivity contribution is -0.158. The fraction of sp³-hybridized carbons (Fsp3) is 0.333. The van der Waals surface area contributed by atoms with Gasteiger partial charge in [0.25, 0.3) is 0 Å². The van der Waals surface area contributed by atoms with Crippen molar-refractivity contribution < 1.29 is 18.7 Å². The van der Waals surface area contributed by atoms with Crippen LogP contribution in [0.15, 0.2) is 54.6 Å². The summed E-state index contributed by atoms with van der Waals surface area (Å²) in [6.07, 6.45) is 0.166. The van der Waals surface area contributed by atoms with Crippen LogP contribution in [0.5, 0.6) is 0 Å². The summed E-state index contributed by atoms with van der Waals surface area (Å²) >= 11 is 0. The highest BCUT2D eigenvalue weighted by molar-refractivity contribution is 5.86. The largest absolute Gasteiger partial charge is 0.458 e. The third-order valence-electron chi connectivity index (χ3n) is 3.62. The van der Waals surface area contributed by atoms with Gasteiger partial charge < -0.3 is 10.1 Å². The van der Waals surface area contributed by atoms with Gasteiger partial charge in [-0.1, -0.05) is 48.5 Å². The van der Waals surface area contributed by atoms with E-state index in [9.17, 15) is 14.0 Å². The number of hydrogen-bond acceptors (Lipinski definition) is 3. The lowest BCUT2D eigenvalue weighted by Gasteiger charge is -2.24. The van der Waals surface area contributed by atoms with Gasteiger partial charge >= 0.3 is 5.97 Å². The molecule has 1 amide bonds. The molecule has 138 valence electrons. The molecule has 0 aromatic heterocycles. The number of hydrogen-bond donors (Lipinski definition) is 1. The highest BCUT2D eigenvalue weighted by Crippen LogP contribution is 2.12. The predicted molar refractivity (Wildman–Crippen MR) is 98.0 cm³/mol. The zero-order valence-electron chi connectivity index (χ0n) is 15.3. The van der Waals surface area contributed by atoms with Crippen LogP contribution in [0.2, 0.25) is 0 Å². The first-order valence-corrected chi connectivity index (χ1v) is 8.54. The number of ether oxygens (including phenoxy) is 1. The van der Waals surface area contributed by atoms with Crippen molar-refractivity contribution in [3.8, 4) is 0 Å². The van der Waals surface area contributed by atoms with Crippen molar-refractivity contribution in [2.75, 3.05) is 0 Å². The van der Waals surface area contributed by atoms with Crippen molar-refractivity contribution in [2.45, 2.75) is 45.3 Å². The molecule has 0 aliphatic rings. The number of carbonyl (C=O) groups excluding carboxylic acids is 2. The molecule has 2 aromatic rings. The molecule has 0 radical (unpaired) electrons. The number of rotatable bonds is 6. The normalized spacial score (nSPS) is 12.3. The average molecular weight is 357 g/mol. The predicted octanol–water partition coefficient (Wildman–Crippen LogP) is 3.44. The van der Waals surface area contributed by atoms with Crippen molar-refractivity contribution in [3.05, 3.63) is 71.5 Å². The fourth-order valence-electron chi connectivity index (χ4n) is 2.48. The van der Waals surface area contributed by atoms with Gasteiger partial charge in [0.1, 0.15) is 17.5 Å². The number of halogens is 1. The number of esters is 1. The molecule has 0 aliphatic carbocycles. The SMILES string of the molecule is CC(C)(C)OC(=O)[C@H](Cc1ccccc1)NC(=O)Cc1ccccc1F. The third kappa shape index (κ3) is 6.31. The molecule has 0 saturated carbocycles. The molecule has 0 spiro atoms. The molecule has 5 heteroatoms. The second-order valence-corrected chi connectivity index (χ2v) is 7.11. The van der Waals surface area contributed by atoms with E-state index in [1.165, 1.54) is 6.07 Å². The van der Waals surface area contributed by atoms with Gasteiger partial charge in [0.2, 0.25) is 5.91 Å². The Morgan fingerprint density at radius 1 is 1.04 bits per heavy atom. The van der Waals surface area contributed by atoms with Crippen LogP contribution in [-0.4, -0.2) is 23.5 Å². The van der Waals surface area contributed by atoms with Gasteiger partial charge in [0.15, 0.2) is 0 Å². The molecule has 2 aromatic carbocycles. The topological polar surface area (TPSA) is 55.4 Å². The highest BCUT2D eigenvalue weighted by Gasteiger charge is 2.27. The molecular weight excluding hydrogens is 333 g/mol. The maximum absolute atomic E-state index is 13.7. The summed E-state index contributed by atoms with van der Waals surface area (Å²) in [4.78, 5) is 24.9. The number of benzene rings is 2. The molecular formula is C21H24FNO3. The molecule has 0 saturated heterocycles. The Morgan fingerprint density at radius 3 is 2.27 bits per heavy atom. The Morgan fingerprint density at radius 2 is 1.65 bits per heavy atom. The average Bonchev–Trinajstić information content (AvgIpc) is 2.56. The quantitative estimate of drug-likeness (QED) is 0.806. The summed E-state index contributed by atoms with van der Waals surface area (Å²) in [5.41, 5.74) is 0.518. The van der Waals surface area contributed by atoms with E-state index in [0.717, 1.165) is 5.56 Å². The van der Waals surface area contributed by atoms with Crippen LogP contribution in [0.3, 0.4) is 0 Å². The van der Waals surface area contributed by atoms with E-state index in [1.54, 1.807) is 39.0 Å². The van der Waals surface area contributed by atoms with Gasteiger partial charge in [-0.3, -0.25) is 4.79 Å². The molecule has 1 atom stereocenters. The minimum Gasteiger partial charge on any atom is -0.458 e. The highest BCUT2D eigenvalue weighted by atomic mass is 19.1. The van der Waals surface area contributed by atoms with E-state index < -0.39 is 29.3 Å². The van der Waals surface area contributed by atoms with Crippen molar-refractivity contribution in [2.24, 2.45) is 0 Å². The Bertz CT molecular complexity index is 753. The smallest absolute Gasteiger partial charge is 0.329 e. The number of amides is 1. The van der Waals surface area contributed by atoms with Gasteiger partial charge in [-0.25, -0.2) is 9.18 Å². The number of nitrogens with one attached hydrogen (secondary N) is 1. The molecule has 0 unspecified atom stereocenters. The minimum atomic E-state index is -0.837. The van der Waals surface area contributed by atoms with Gasteiger partial charge in [-0.15, -0.1) is 0 Å². The van der Waals surface area contributed by atoms with Crippen LogP contribution in [0.4, 0.5) is 4.39 Å². The Kier molecular flexibility index (Phi) is 6.50. The van der Waals surface area contributed by atoms with Crippen molar-refractivity contribution in [1.82, 2.24) is 5.32 Å². The van der Waals surface area contributed by atoms with Crippen LogP contribution in [0, 0.1) is 5.82 Å². The number of carbonyl (C=O) groups is 2. The van der Waals surface area contributed by atoms with Crippen LogP contribution < -0.4 is 5.32 Å². The molecule has 0 fully saturated rings. The Balaban J connectivity index is 2.11. The lowest BCUT2D eigenvalue weighted by atomic mass is 10.0. The van der Waals surface area contributed by atoms with E-state index in [0.29, 0.717) is 6.42 Å². The van der Waals surface area contributed by atoms with Crippen LogP contribution in [-0.2, 0) is 27.2 Å². The molecule has 4 nitrogen and oxygen atoms in total. The van der Waals surface area contributed by atoms with E-state index >= 15 is 0 Å². The van der Waals surface area contributed by atoms with E-state index in [2.05, 4.69) is 5.32 Å². The summed E-state index contributed by atoms with van der Waals surface area (Å²) in [7, 11) is 0. The third-order valence-corrected chi connectivity index (χ3v) is 3.62. The summed E-state index contributed by atoms with van der Waals surface area (Å²) in [6.45, 7) is 5.31. The van der Waals surface area contributed by atoms with Gasteiger partial charge in [-0.2, -0.15) is 0 Å². The first kappa shape index (κ1) is 19.6. The lowest BCUT2D eigenvalue weighted by Crippen LogP contribution is -2.46. The summed E-state index contributed by atoms with van der Waals surface area (Å²) in [5, 5.41) is 2.68. The fourth-order valence-corrected chi connectivity index (χ4v) is 2.48. The Labute approximate surface area is 153 Å². The van der Waals surface area contributed by atoms with E-state index in [-0.39, 0.29) is 12.0 Å². The summed E-state index contributed by atoms with van der Waals surface area (Å²) in [6, 6.07) is 14.6. The standard InChI is InChI=1S/C21H24FNO3/c1-21(2,3)26-20(25)18(13-15-9-5-4-6-10-15)23-19(24)14-16-11-7-8-12-17(16)22/h4-12,18H,13-14H2,1-3H3,(H,23,24)/t18-/m0/s1. The van der Waals surface area contributed by atoms with Crippen LogP contribution >= 0.6 is 0 Å². The van der Waals surface area contributed by atoms with E-state index in [1.807, 2.05) is 30.3 Å². The van der Waals surface area contributed by atoms with Gasteiger partial charge in [-0.05, 0) is 38.0 Å². The second-order valence-electron chi connectivity index (χ2n) is 7.11. The Hall–Kier alpha value is -2.69. The maximum Gasteiger partial charge on any atom is 0.329 e. The summed E-state index contributed by atoms with van der Waals surface area (Å²) < 4.78 is 19.2. The first-order valence-electron chi connectivity index (χ1n) is 8.54. The molecule has 2 rings (SSSR count). The first-order chi connectivity index (χ1) is 12.2. The zero-order chi connectivity index (χ0) is 19.2. The molecule has 0 aliphatic heterocycles. The molecule has 0 bridgehead atoms. The second kappa shape index (κ2) is 8.61. The van der Waals surface area contributed by atoms with Crippen molar-refractivity contribution in [1.29, 1.82) is 0 Å². The summed E-state index contributed by atoms with van der Waals surface area (Å²) in [5.74, 6) is -1.38. The van der Waals surface area contributed by atoms with Gasteiger partial charge in [0.05, 0.1) is 6.42 Å². The molecule has 26 heavy (non-hydrogen) atoms. The van der Waals surface area contributed by atoms with Gasteiger partial charge in [0, 0.05) is 6.42 Å². The monoisotopic (exact) mass is 357 g/mol. The minimum absolute atomic E-state index is 0.138. The van der Waals surface area contributed by atoms with E-state index in [4.69, 9.17) is 4.74 Å². The van der Waals surface area contributed by atoms with Crippen LogP contribution in [0.1, 0.15) is 31.9 Å². The maximum atomic E-state index is 13.7. The van der Waals surface area contributed by atoms with Crippen LogP contribution in [0.25, 0.3) is 0 Å².